The quantitative estimate of drug-likeness (QED) is 0.605. The van der Waals surface area contributed by atoms with Crippen LogP contribution in [0.2, 0.25) is 0 Å². The van der Waals surface area contributed by atoms with Crippen molar-refractivity contribution in [3.8, 4) is 6.01 Å². The van der Waals surface area contributed by atoms with Crippen molar-refractivity contribution in [3.63, 3.8) is 0 Å². The highest BCUT2D eigenvalue weighted by molar-refractivity contribution is 5.18. The predicted molar refractivity (Wildman–Crippen MR) is 58.7 cm³/mol. The second kappa shape index (κ2) is 3.31. The zero-order valence-electron chi connectivity index (χ0n) is 10.1. The molecular weight excluding hydrogens is 238 g/mol. The van der Waals surface area contributed by atoms with Gasteiger partial charge in [0.05, 0.1) is 6.61 Å². The number of fused-ring (bicyclic) bond motifs is 3. The Labute approximate surface area is 103 Å². The Balaban J connectivity index is 2.10. The van der Waals surface area contributed by atoms with E-state index in [0.717, 1.165) is 0 Å². The molecule has 1 fully saturated rings. The van der Waals surface area contributed by atoms with Gasteiger partial charge < -0.3 is 19.7 Å². The Morgan fingerprint density at radius 3 is 2.94 bits per heavy atom. The number of hydrogen-bond donors (Lipinski definition) is 3. The average molecular weight is 253 g/mol. The van der Waals surface area contributed by atoms with Crippen LogP contribution >= 0.6 is 0 Å². The zero-order chi connectivity index (χ0) is 13.1. The van der Waals surface area contributed by atoms with Crippen molar-refractivity contribution in [2.75, 3.05) is 6.61 Å². The smallest absolute Gasteiger partial charge is 0.301 e. The van der Waals surface area contributed by atoms with Crippen molar-refractivity contribution in [3.05, 3.63) is 17.8 Å². The number of nitrogens with one attached hydrogen (secondary N) is 1. The molecule has 1 aromatic heterocycles. The molecule has 7 nitrogen and oxygen atoms in total. The van der Waals surface area contributed by atoms with Crippen LogP contribution in [0.15, 0.2) is 12.3 Å². The molecule has 1 unspecified atom stereocenters. The van der Waals surface area contributed by atoms with E-state index in [1.165, 1.54) is 6.07 Å². The molecule has 1 aromatic rings. The lowest BCUT2D eigenvalue weighted by Crippen LogP contribution is -2.51. The Hall–Kier alpha value is -1.44. The lowest BCUT2D eigenvalue weighted by atomic mass is 9.89. The summed E-state index contributed by atoms with van der Waals surface area (Å²) in [6.07, 6.45) is 0.0831. The molecule has 0 radical (unpaired) electrons. The molecule has 0 spiro atoms. The van der Waals surface area contributed by atoms with Crippen molar-refractivity contribution in [1.29, 1.82) is 5.41 Å². The van der Waals surface area contributed by atoms with Crippen LogP contribution in [0, 0.1) is 5.41 Å². The molecule has 3 rings (SSSR count). The van der Waals surface area contributed by atoms with E-state index in [1.807, 2.05) is 0 Å². The standard InChI is InChI=1S/C11H15N3O4/c1-10(5-15)7(16)11(2)8(17-10)14-4-3-6(12)13-9(14)18-11/h3-4,7-8,12,15-16H,5H2,1-2H3/t7?,8-,10+,11+/m0/s1. The number of aliphatic hydroxyl groups is 2. The molecule has 0 saturated carbocycles. The van der Waals surface area contributed by atoms with Gasteiger partial charge in [-0.2, -0.15) is 4.98 Å². The average Bonchev–Trinajstić information content (AvgIpc) is 2.70. The van der Waals surface area contributed by atoms with Gasteiger partial charge in [-0.25, -0.2) is 0 Å². The summed E-state index contributed by atoms with van der Waals surface area (Å²) in [7, 11) is 0. The number of ether oxygens (including phenoxy) is 2. The van der Waals surface area contributed by atoms with Gasteiger partial charge in [-0.05, 0) is 19.9 Å². The summed E-state index contributed by atoms with van der Waals surface area (Å²) in [5.74, 6) is 0. The zero-order valence-corrected chi connectivity index (χ0v) is 10.1. The van der Waals surface area contributed by atoms with Crippen molar-refractivity contribution < 1.29 is 19.7 Å². The third kappa shape index (κ3) is 1.23. The number of hydrogen-bond acceptors (Lipinski definition) is 6. The summed E-state index contributed by atoms with van der Waals surface area (Å²) >= 11 is 0. The van der Waals surface area contributed by atoms with Gasteiger partial charge in [0.15, 0.2) is 17.3 Å². The minimum absolute atomic E-state index is 0.0873. The fraction of sp³-hybridized carbons (Fsp3) is 0.636. The number of nitrogens with zero attached hydrogens (tertiary/aromatic N) is 2. The molecule has 2 aliphatic heterocycles. The highest BCUT2D eigenvalue weighted by Crippen LogP contribution is 2.50. The van der Waals surface area contributed by atoms with E-state index in [2.05, 4.69) is 4.98 Å². The van der Waals surface area contributed by atoms with Gasteiger partial charge in [0.1, 0.15) is 11.7 Å². The summed E-state index contributed by atoms with van der Waals surface area (Å²) in [5, 5.41) is 27.1. The van der Waals surface area contributed by atoms with E-state index in [0.29, 0.717) is 0 Å². The highest BCUT2D eigenvalue weighted by atomic mass is 16.6. The fourth-order valence-corrected chi connectivity index (χ4v) is 2.60. The highest BCUT2D eigenvalue weighted by Gasteiger charge is 2.65. The summed E-state index contributed by atoms with van der Waals surface area (Å²) < 4.78 is 13.0. The first-order valence-electron chi connectivity index (χ1n) is 5.70. The van der Waals surface area contributed by atoms with Gasteiger partial charge in [0.25, 0.3) is 0 Å². The Morgan fingerprint density at radius 1 is 1.56 bits per heavy atom. The summed E-state index contributed by atoms with van der Waals surface area (Å²) in [6.45, 7) is 3.04. The van der Waals surface area contributed by atoms with Gasteiger partial charge in [0, 0.05) is 6.20 Å². The first-order chi connectivity index (χ1) is 8.40. The SMILES string of the molecule is C[C@]1(CO)O[C@@H]2n3ccc(=N)nc3O[C@]2(C)C1O. The summed E-state index contributed by atoms with van der Waals surface area (Å²) in [4.78, 5) is 3.94. The first kappa shape index (κ1) is 11.6. The Bertz CT molecular complexity index is 559. The Kier molecular flexibility index (Phi) is 2.14. The lowest BCUT2D eigenvalue weighted by molar-refractivity contribution is -0.116. The molecule has 1 saturated heterocycles. The molecule has 0 aromatic carbocycles. The molecular formula is C11H15N3O4. The normalized spacial score (nSPS) is 41.3. The largest absolute Gasteiger partial charge is 0.450 e. The van der Waals surface area contributed by atoms with Crippen LogP contribution in [0.4, 0.5) is 0 Å². The van der Waals surface area contributed by atoms with Crippen LogP contribution < -0.4 is 10.2 Å². The maximum Gasteiger partial charge on any atom is 0.301 e. The number of aromatic nitrogens is 2. The maximum atomic E-state index is 10.3. The van der Waals surface area contributed by atoms with Crippen molar-refractivity contribution >= 4 is 0 Å². The van der Waals surface area contributed by atoms with Crippen LogP contribution in [0.25, 0.3) is 0 Å². The van der Waals surface area contributed by atoms with Gasteiger partial charge in [-0.15, -0.1) is 0 Å². The first-order valence-corrected chi connectivity index (χ1v) is 5.70. The van der Waals surface area contributed by atoms with Gasteiger partial charge in [-0.3, -0.25) is 9.98 Å². The number of rotatable bonds is 1. The van der Waals surface area contributed by atoms with Crippen molar-refractivity contribution in [1.82, 2.24) is 9.55 Å². The molecule has 98 valence electrons. The van der Waals surface area contributed by atoms with Crippen LogP contribution in [0.1, 0.15) is 20.1 Å². The van der Waals surface area contributed by atoms with Gasteiger partial charge in [0.2, 0.25) is 0 Å². The van der Waals surface area contributed by atoms with Crippen LogP contribution in [-0.4, -0.2) is 43.7 Å². The van der Waals surface area contributed by atoms with E-state index < -0.39 is 23.5 Å². The summed E-state index contributed by atoms with van der Waals surface area (Å²) in [5.41, 5.74) is -1.99. The van der Waals surface area contributed by atoms with Gasteiger partial charge in [-0.1, -0.05) is 0 Å². The van der Waals surface area contributed by atoms with E-state index in [1.54, 1.807) is 24.6 Å². The lowest BCUT2D eigenvalue weighted by Gasteiger charge is -2.29. The van der Waals surface area contributed by atoms with Crippen molar-refractivity contribution in [2.45, 2.75) is 37.4 Å². The van der Waals surface area contributed by atoms with Crippen LogP contribution in [0.3, 0.4) is 0 Å². The molecule has 0 amide bonds. The van der Waals surface area contributed by atoms with E-state index in [-0.39, 0.29) is 18.1 Å². The number of aliphatic hydroxyl groups excluding tert-OH is 2. The topological polar surface area (TPSA) is 101 Å². The molecule has 3 heterocycles. The fourth-order valence-electron chi connectivity index (χ4n) is 2.60. The van der Waals surface area contributed by atoms with Crippen molar-refractivity contribution in [2.24, 2.45) is 0 Å². The molecule has 0 bridgehead atoms. The molecule has 18 heavy (non-hydrogen) atoms. The monoisotopic (exact) mass is 253 g/mol. The van der Waals surface area contributed by atoms with Gasteiger partial charge >= 0.3 is 6.01 Å². The molecule has 7 heteroatoms. The van der Waals surface area contributed by atoms with E-state index >= 15 is 0 Å². The van der Waals surface area contributed by atoms with Crippen LogP contribution in [0.5, 0.6) is 6.01 Å². The Morgan fingerprint density at radius 2 is 2.28 bits per heavy atom. The molecule has 2 aliphatic rings. The molecule has 0 aliphatic carbocycles. The second-order valence-corrected chi connectivity index (χ2v) is 5.13. The summed E-state index contributed by atoms with van der Waals surface area (Å²) in [6, 6.07) is 1.76. The predicted octanol–water partition coefficient (Wildman–Crippen LogP) is -0.846. The third-order valence-electron chi connectivity index (χ3n) is 3.70. The third-order valence-corrected chi connectivity index (χ3v) is 3.70. The maximum absolute atomic E-state index is 10.3. The van der Waals surface area contributed by atoms with E-state index in [9.17, 15) is 10.2 Å². The van der Waals surface area contributed by atoms with E-state index in [4.69, 9.17) is 14.9 Å². The van der Waals surface area contributed by atoms with Crippen LogP contribution in [-0.2, 0) is 4.74 Å². The second-order valence-electron chi connectivity index (χ2n) is 5.13. The molecule has 4 atom stereocenters. The minimum atomic E-state index is -1.07. The minimum Gasteiger partial charge on any atom is -0.450 e. The molecule has 3 N–H and O–H groups in total.